The number of hydrogen-bond donors (Lipinski definition) is 1. The average Bonchev–Trinajstić information content (AvgIpc) is 2.72. The SMILES string of the molecule is COc1ccc(C2(CN)CCC2)c2ccn(C)c12. The minimum Gasteiger partial charge on any atom is -0.495 e. The van der Waals surface area contributed by atoms with E-state index in [4.69, 9.17) is 10.5 Å². The first kappa shape index (κ1) is 11.6. The van der Waals surface area contributed by atoms with Crippen molar-refractivity contribution in [2.45, 2.75) is 24.7 Å². The predicted molar refractivity (Wildman–Crippen MR) is 74.1 cm³/mol. The van der Waals surface area contributed by atoms with E-state index in [-0.39, 0.29) is 5.41 Å². The highest BCUT2D eigenvalue weighted by molar-refractivity contribution is 5.90. The summed E-state index contributed by atoms with van der Waals surface area (Å²) >= 11 is 0. The molecule has 1 aromatic carbocycles. The van der Waals surface area contributed by atoms with E-state index in [0.717, 1.165) is 12.3 Å². The molecule has 1 aromatic heterocycles. The third-order valence-electron chi connectivity index (χ3n) is 4.49. The van der Waals surface area contributed by atoms with Gasteiger partial charge in [0.25, 0.3) is 0 Å². The molecule has 1 aliphatic rings. The van der Waals surface area contributed by atoms with Crippen LogP contribution in [0, 0.1) is 0 Å². The van der Waals surface area contributed by atoms with Crippen LogP contribution in [0.3, 0.4) is 0 Å². The first-order valence-corrected chi connectivity index (χ1v) is 6.54. The molecule has 3 nitrogen and oxygen atoms in total. The van der Waals surface area contributed by atoms with Gasteiger partial charge in [-0.3, -0.25) is 0 Å². The smallest absolute Gasteiger partial charge is 0.143 e. The molecular formula is C15H20N2O. The number of nitrogens with zero attached hydrogens (tertiary/aromatic N) is 1. The molecule has 0 aliphatic heterocycles. The third kappa shape index (κ3) is 1.40. The fourth-order valence-electron chi connectivity index (χ4n) is 3.20. The van der Waals surface area contributed by atoms with E-state index >= 15 is 0 Å². The van der Waals surface area contributed by atoms with Crippen molar-refractivity contribution in [2.75, 3.05) is 13.7 Å². The Morgan fingerprint density at radius 3 is 2.67 bits per heavy atom. The van der Waals surface area contributed by atoms with Crippen LogP contribution in [0.4, 0.5) is 0 Å². The van der Waals surface area contributed by atoms with Gasteiger partial charge in [0.1, 0.15) is 5.75 Å². The van der Waals surface area contributed by atoms with Gasteiger partial charge < -0.3 is 15.0 Å². The standard InChI is InChI=1S/C15H20N2O/c1-17-9-6-11-12(15(10-16)7-3-8-15)4-5-13(18-2)14(11)17/h4-6,9H,3,7-8,10,16H2,1-2H3. The molecule has 1 fully saturated rings. The van der Waals surface area contributed by atoms with E-state index in [1.54, 1.807) is 7.11 Å². The molecule has 1 aliphatic carbocycles. The molecule has 2 aromatic rings. The molecule has 1 heterocycles. The van der Waals surface area contributed by atoms with Crippen molar-refractivity contribution in [1.82, 2.24) is 4.57 Å². The summed E-state index contributed by atoms with van der Waals surface area (Å²) in [6.45, 7) is 0.739. The number of benzene rings is 1. The Morgan fingerprint density at radius 2 is 2.11 bits per heavy atom. The second kappa shape index (κ2) is 4.02. The van der Waals surface area contributed by atoms with E-state index in [9.17, 15) is 0 Å². The first-order valence-electron chi connectivity index (χ1n) is 6.54. The van der Waals surface area contributed by atoms with Crippen LogP contribution < -0.4 is 10.5 Å². The fourth-order valence-corrected chi connectivity index (χ4v) is 3.20. The van der Waals surface area contributed by atoms with E-state index in [2.05, 4.69) is 36.0 Å². The van der Waals surface area contributed by atoms with Crippen molar-refractivity contribution in [3.05, 3.63) is 30.0 Å². The minimum atomic E-state index is 0.200. The Balaban J connectivity index is 2.25. The monoisotopic (exact) mass is 244 g/mol. The summed E-state index contributed by atoms with van der Waals surface area (Å²) in [6.07, 6.45) is 5.80. The minimum absolute atomic E-state index is 0.200. The molecule has 96 valence electrons. The Hall–Kier alpha value is -1.48. The van der Waals surface area contributed by atoms with Crippen molar-refractivity contribution in [3.63, 3.8) is 0 Å². The Morgan fingerprint density at radius 1 is 1.33 bits per heavy atom. The summed E-state index contributed by atoms with van der Waals surface area (Å²) in [7, 11) is 3.79. The van der Waals surface area contributed by atoms with E-state index < -0.39 is 0 Å². The Bertz CT molecular complexity index is 576. The lowest BCUT2D eigenvalue weighted by atomic mass is 9.64. The van der Waals surface area contributed by atoms with Crippen molar-refractivity contribution >= 4 is 10.9 Å². The summed E-state index contributed by atoms with van der Waals surface area (Å²) in [5.74, 6) is 0.938. The number of ether oxygens (including phenoxy) is 1. The van der Waals surface area contributed by atoms with Crippen LogP contribution >= 0.6 is 0 Å². The van der Waals surface area contributed by atoms with Gasteiger partial charge in [0.15, 0.2) is 0 Å². The largest absolute Gasteiger partial charge is 0.495 e. The molecule has 0 saturated heterocycles. The van der Waals surface area contributed by atoms with Crippen LogP contribution in [0.15, 0.2) is 24.4 Å². The summed E-state index contributed by atoms with van der Waals surface area (Å²) in [6, 6.07) is 6.46. The van der Waals surface area contributed by atoms with Crippen LogP contribution in [0.2, 0.25) is 0 Å². The van der Waals surface area contributed by atoms with E-state index in [0.29, 0.717) is 0 Å². The van der Waals surface area contributed by atoms with Gasteiger partial charge in [-0.25, -0.2) is 0 Å². The van der Waals surface area contributed by atoms with Crippen LogP contribution in [-0.2, 0) is 12.5 Å². The Kier molecular flexibility index (Phi) is 2.59. The zero-order chi connectivity index (χ0) is 12.8. The maximum absolute atomic E-state index is 6.03. The van der Waals surface area contributed by atoms with Crippen LogP contribution in [0.5, 0.6) is 5.75 Å². The molecule has 2 N–H and O–H groups in total. The molecule has 0 radical (unpaired) electrons. The quantitative estimate of drug-likeness (QED) is 0.901. The zero-order valence-electron chi connectivity index (χ0n) is 11.1. The van der Waals surface area contributed by atoms with Gasteiger partial charge in [-0.15, -0.1) is 0 Å². The summed E-state index contributed by atoms with van der Waals surface area (Å²) in [5.41, 5.74) is 8.80. The topological polar surface area (TPSA) is 40.2 Å². The third-order valence-corrected chi connectivity index (χ3v) is 4.49. The second-order valence-electron chi connectivity index (χ2n) is 5.34. The fraction of sp³-hybridized carbons (Fsp3) is 0.467. The maximum Gasteiger partial charge on any atom is 0.143 e. The van der Waals surface area contributed by atoms with Crippen molar-refractivity contribution in [3.8, 4) is 5.75 Å². The number of hydrogen-bond acceptors (Lipinski definition) is 2. The van der Waals surface area contributed by atoms with Crippen LogP contribution in [0.1, 0.15) is 24.8 Å². The van der Waals surface area contributed by atoms with Gasteiger partial charge in [0, 0.05) is 30.6 Å². The van der Waals surface area contributed by atoms with Gasteiger partial charge in [-0.1, -0.05) is 12.5 Å². The number of fused-ring (bicyclic) bond motifs is 1. The van der Waals surface area contributed by atoms with Gasteiger partial charge in [0.2, 0.25) is 0 Å². The number of nitrogens with two attached hydrogens (primary N) is 1. The van der Waals surface area contributed by atoms with Gasteiger partial charge >= 0.3 is 0 Å². The highest BCUT2D eigenvalue weighted by atomic mass is 16.5. The number of aromatic nitrogens is 1. The van der Waals surface area contributed by atoms with Crippen molar-refractivity contribution < 1.29 is 4.74 Å². The summed E-state index contributed by atoms with van der Waals surface area (Å²) in [4.78, 5) is 0. The molecule has 0 atom stereocenters. The van der Waals surface area contributed by atoms with E-state index in [1.165, 1.54) is 35.7 Å². The van der Waals surface area contributed by atoms with Crippen LogP contribution in [-0.4, -0.2) is 18.2 Å². The maximum atomic E-state index is 6.03. The first-order chi connectivity index (χ1) is 8.72. The Labute approximate surface area is 108 Å². The lowest BCUT2D eigenvalue weighted by Gasteiger charge is -2.42. The molecule has 0 bridgehead atoms. The van der Waals surface area contributed by atoms with E-state index in [1.807, 2.05) is 0 Å². The summed E-state index contributed by atoms with van der Waals surface area (Å²) < 4.78 is 7.59. The zero-order valence-corrected chi connectivity index (χ0v) is 11.1. The highest BCUT2D eigenvalue weighted by Crippen LogP contribution is 2.46. The highest BCUT2D eigenvalue weighted by Gasteiger charge is 2.38. The number of aryl methyl sites for hydroxylation is 1. The van der Waals surface area contributed by atoms with Crippen molar-refractivity contribution in [1.29, 1.82) is 0 Å². The molecule has 1 saturated carbocycles. The molecule has 3 rings (SSSR count). The summed E-state index contributed by atoms with van der Waals surface area (Å²) in [5, 5.41) is 1.29. The molecule has 0 unspecified atom stereocenters. The molecule has 0 spiro atoms. The normalized spacial score (nSPS) is 17.7. The molecule has 18 heavy (non-hydrogen) atoms. The molecule has 0 amide bonds. The molecular weight excluding hydrogens is 224 g/mol. The van der Waals surface area contributed by atoms with Gasteiger partial charge in [-0.05, 0) is 30.5 Å². The van der Waals surface area contributed by atoms with Gasteiger partial charge in [0.05, 0.1) is 12.6 Å². The second-order valence-corrected chi connectivity index (χ2v) is 5.34. The molecule has 3 heteroatoms. The average molecular weight is 244 g/mol. The number of rotatable bonds is 3. The van der Waals surface area contributed by atoms with Crippen molar-refractivity contribution in [2.24, 2.45) is 12.8 Å². The lowest BCUT2D eigenvalue weighted by molar-refractivity contribution is 0.255. The predicted octanol–water partition coefficient (Wildman–Crippen LogP) is 2.57. The van der Waals surface area contributed by atoms with Crippen LogP contribution in [0.25, 0.3) is 10.9 Å². The lowest BCUT2D eigenvalue weighted by Crippen LogP contribution is -2.41. The number of methoxy groups -OCH3 is 1. The van der Waals surface area contributed by atoms with Gasteiger partial charge in [-0.2, -0.15) is 0 Å².